The van der Waals surface area contributed by atoms with Crippen LogP contribution in [-0.2, 0) is 14.3 Å². The van der Waals surface area contributed by atoms with Crippen molar-refractivity contribution in [2.24, 2.45) is 0 Å². The molecule has 2 aliphatic rings. The van der Waals surface area contributed by atoms with Crippen molar-refractivity contribution < 1.29 is 14.3 Å². The molecule has 7 nitrogen and oxygen atoms in total. The molecule has 2 fully saturated rings. The molecule has 0 saturated carbocycles. The van der Waals surface area contributed by atoms with Crippen LogP contribution in [0, 0.1) is 0 Å². The fraction of sp³-hybridized carbons (Fsp3) is 0.846. The van der Waals surface area contributed by atoms with Crippen LogP contribution in [0.5, 0.6) is 0 Å². The second-order valence-corrected chi connectivity index (χ2v) is 5.14. The van der Waals surface area contributed by atoms with Crippen LogP contribution in [0.15, 0.2) is 0 Å². The van der Waals surface area contributed by atoms with E-state index in [4.69, 9.17) is 4.74 Å². The lowest BCUT2D eigenvalue weighted by molar-refractivity contribution is -0.138. The molecular weight excluding hydrogens is 331 g/mol. The zero-order valence-electron chi connectivity index (χ0n) is 12.9. The molecule has 2 amide bonds. The summed E-state index contributed by atoms with van der Waals surface area (Å²) in [7, 11) is 0. The summed E-state index contributed by atoms with van der Waals surface area (Å²) in [5, 5.41) is 5.97. The molecule has 0 aromatic rings. The summed E-state index contributed by atoms with van der Waals surface area (Å²) >= 11 is 0. The molecule has 2 heterocycles. The molecule has 9 heteroatoms. The van der Waals surface area contributed by atoms with Crippen LogP contribution < -0.4 is 10.6 Å². The summed E-state index contributed by atoms with van der Waals surface area (Å²) in [5.74, 6) is 0.164. The van der Waals surface area contributed by atoms with Gasteiger partial charge in [0.1, 0.15) is 6.04 Å². The lowest BCUT2D eigenvalue weighted by Crippen LogP contribution is -2.57. The Morgan fingerprint density at radius 1 is 1.23 bits per heavy atom. The zero-order valence-corrected chi connectivity index (χ0v) is 14.5. The fourth-order valence-electron chi connectivity index (χ4n) is 2.53. The van der Waals surface area contributed by atoms with E-state index in [2.05, 4.69) is 15.5 Å². The number of amides is 2. The molecule has 0 spiro atoms. The number of ether oxygens (including phenoxy) is 1. The van der Waals surface area contributed by atoms with Gasteiger partial charge < -0.3 is 20.3 Å². The van der Waals surface area contributed by atoms with Crippen molar-refractivity contribution in [2.75, 3.05) is 59.0 Å². The predicted octanol–water partition coefficient (Wildman–Crippen LogP) is -0.901. The summed E-state index contributed by atoms with van der Waals surface area (Å²) in [6.07, 6.45) is 0. The molecule has 2 aliphatic heterocycles. The van der Waals surface area contributed by atoms with E-state index in [1.807, 2.05) is 11.8 Å². The topological polar surface area (TPSA) is 73.9 Å². The van der Waals surface area contributed by atoms with Crippen LogP contribution in [-0.4, -0.2) is 86.7 Å². The van der Waals surface area contributed by atoms with Crippen LogP contribution in [0.2, 0.25) is 0 Å². The van der Waals surface area contributed by atoms with Gasteiger partial charge in [-0.2, -0.15) is 0 Å². The Labute approximate surface area is 143 Å². The van der Waals surface area contributed by atoms with Crippen molar-refractivity contribution in [1.29, 1.82) is 0 Å². The maximum Gasteiger partial charge on any atom is 0.242 e. The number of morpholine rings is 1. The fourth-order valence-corrected chi connectivity index (χ4v) is 2.53. The summed E-state index contributed by atoms with van der Waals surface area (Å²) in [6, 6.07) is -0.210. The first-order chi connectivity index (χ1) is 9.70. The molecule has 2 rings (SSSR count). The maximum absolute atomic E-state index is 12.3. The van der Waals surface area contributed by atoms with Gasteiger partial charge in [0, 0.05) is 39.3 Å². The third-order valence-electron chi connectivity index (χ3n) is 3.64. The third kappa shape index (κ3) is 6.26. The van der Waals surface area contributed by atoms with Gasteiger partial charge in [-0.25, -0.2) is 0 Å². The van der Waals surface area contributed by atoms with E-state index in [1.54, 1.807) is 0 Å². The Morgan fingerprint density at radius 3 is 2.45 bits per heavy atom. The molecule has 0 aromatic carbocycles. The first-order valence-corrected chi connectivity index (χ1v) is 7.29. The second kappa shape index (κ2) is 11.0. The average Bonchev–Trinajstić information content (AvgIpc) is 2.48. The Morgan fingerprint density at radius 2 is 1.91 bits per heavy atom. The summed E-state index contributed by atoms with van der Waals surface area (Å²) < 4.78 is 5.32. The third-order valence-corrected chi connectivity index (χ3v) is 3.64. The average molecular weight is 357 g/mol. The highest BCUT2D eigenvalue weighted by molar-refractivity contribution is 5.85. The van der Waals surface area contributed by atoms with Crippen molar-refractivity contribution in [3.05, 3.63) is 0 Å². The quantitative estimate of drug-likeness (QED) is 0.682. The standard InChI is InChI=1S/C13H24N4O3.2ClH/c1-2-14-12(18)9-16-4-6-17(7-5-16)13(19)11-10-20-8-3-15-11;;/h11,15H,2-10H2,1H3,(H,14,18);2*1H. The number of nitrogens with one attached hydrogen (secondary N) is 2. The zero-order chi connectivity index (χ0) is 14.4. The molecular formula is C13H26Cl2N4O3. The summed E-state index contributed by atoms with van der Waals surface area (Å²) in [5.41, 5.74) is 0. The Balaban J connectivity index is 0.00000220. The number of halogens is 2. The van der Waals surface area contributed by atoms with Gasteiger partial charge >= 0.3 is 0 Å². The normalized spacial score (nSPS) is 22.2. The minimum absolute atomic E-state index is 0. The van der Waals surface area contributed by atoms with Crippen LogP contribution in [0.1, 0.15) is 6.92 Å². The first kappa shape index (κ1) is 21.4. The number of carbonyl (C=O) groups is 2. The molecule has 0 aromatic heterocycles. The first-order valence-electron chi connectivity index (χ1n) is 7.29. The highest BCUT2D eigenvalue weighted by Gasteiger charge is 2.29. The van der Waals surface area contributed by atoms with Gasteiger partial charge in [0.2, 0.25) is 11.8 Å². The van der Waals surface area contributed by atoms with E-state index >= 15 is 0 Å². The molecule has 0 radical (unpaired) electrons. The molecule has 130 valence electrons. The van der Waals surface area contributed by atoms with E-state index in [1.165, 1.54) is 0 Å². The molecule has 2 N–H and O–H groups in total. The molecule has 0 aliphatic carbocycles. The number of piperazine rings is 1. The van der Waals surface area contributed by atoms with Gasteiger partial charge in [0.05, 0.1) is 19.8 Å². The van der Waals surface area contributed by atoms with E-state index in [0.717, 1.165) is 19.6 Å². The molecule has 22 heavy (non-hydrogen) atoms. The van der Waals surface area contributed by atoms with Gasteiger partial charge in [-0.15, -0.1) is 24.8 Å². The number of likely N-dealkylation sites (N-methyl/N-ethyl adjacent to an activating group) is 1. The van der Waals surface area contributed by atoms with E-state index in [-0.39, 0.29) is 42.7 Å². The number of carbonyl (C=O) groups excluding carboxylic acids is 2. The van der Waals surface area contributed by atoms with Crippen LogP contribution >= 0.6 is 24.8 Å². The lowest BCUT2D eigenvalue weighted by atomic mass is 10.2. The van der Waals surface area contributed by atoms with Gasteiger partial charge in [0.15, 0.2) is 0 Å². The number of nitrogens with zero attached hydrogens (tertiary/aromatic N) is 2. The highest BCUT2D eigenvalue weighted by atomic mass is 35.5. The van der Waals surface area contributed by atoms with Crippen molar-refractivity contribution >= 4 is 36.6 Å². The molecule has 1 unspecified atom stereocenters. The Kier molecular flexibility index (Phi) is 10.7. The van der Waals surface area contributed by atoms with Gasteiger partial charge in [0.25, 0.3) is 0 Å². The monoisotopic (exact) mass is 356 g/mol. The smallest absolute Gasteiger partial charge is 0.242 e. The summed E-state index contributed by atoms with van der Waals surface area (Å²) in [6.45, 7) is 7.69. The Bertz CT molecular complexity index is 346. The maximum atomic E-state index is 12.3. The number of rotatable bonds is 4. The molecule has 0 bridgehead atoms. The van der Waals surface area contributed by atoms with Crippen LogP contribution in [0.4, 0.5) is 0 Å². The van der Waals surface area contributed by atoms with Crippen molar-refractivity contribution in [3.63, 3.8) is 0 Å². The largest absolute Gasteiger partial charge is 0.378 e. The molecule has 2 saturated heterocycles. The van der Waals surface area contributed by atoms with E-state index < -0.39 is 0 Å². The van der Waals surface area contributed by atoms with Crippen molar-refractivity contribution in [1.82, 2.24) is 20.4 Å². The number of hydrogen-bond acceptors (Lipinski definition) is 5. The second-order valence-electron chi connectivity index (χ2n) is 5.14. The van der Waals surface area contributed by atoms with E-state index in [0.29, 0.717) is 39.4 Å². The highest BCUT2D eigenvalue weighted by Crippen LogP contribution is 2.05. The minimum Gasteiger partial charge on any atom is -0.378 e. The van der Waals surface area contributed by atoms with Gasteiger partial charge in [-0.3, -0.25) is 14.5 Å². The van der Waals surface area contributed by atoms with Crippen molar-refractivity contribution in [2.45, 2.75) is 13.0 Å². The van der Waals surface area contributed by atoms with Crippen LogP contribution in [0.25, 0.3) is 0 Å². The van der Waals surface area contributed by atoms with Gasteiger partial charge in [-0.05, 0) is 6.92 Å². The Hall–Kier alpha value is -0.600. The minimum atomic E-state index is -0.210. The van der Waals surface area contributed by atoms with Gasteiger partial charge in [-0.1, -0.05) is 0 Å². The SMILES string of the molecule is CCNC(=O)CN1CCN(C(=O)C2COCCN2)CC1.Cl.Cl. The van der Waals surface area contributed by atoms with Crippen molar-refractivity contribution in [3.8, 4) is 0 Å². The molecule has 1 atom stereocenters. The predicted molar refractivity (Wildman–Crippen MR) is 88.8 cm³/mol. The van der Waals surface area contributed by atoms with Crippen LogP contribution in [0.3, 0.4) is 0 Å². The number of hydrogen-bond donors (Lipinski definition) is 2. The van der Waals surface area contributed by atoms with E-state index in [9.17, 15) is 9.59 Å². The summed E-state index contributed by atoms with van der Waals surface area (Å²) in [4.78, 5) is 27.7. The lowest BCUT2D eigenvalue weighted by Gasteiger charge is -2.36.